The van der Waals surface area contributed by atoms with Crippen molar-refractivity contribution in [2.24, 2.45) is 0 Å². The predicted octanol–water partition coefficient (Wildman–Crippen LogP) is 4.79. The second-order valence-corrected chi connectivity index (χ2v) is 10.3. The molecule has 1 fully saturated rings. The van der Waals surface area contributed by atoms with E-state index in [1.165, 1.54) is 30.3 Å². The number of imide groups is 2. The second kappa shape index (κ2) is 10.7. The number of nitrogens with zero attached hydrogens (tertiary/aromatic N) is 1. The molecule has 0 radical (unpaired) electrons. The molecule has 4 amide bonds. The van der Waals surface area contributed by atoms with Crippen molar-refractivity contribution in [2.45, 2.75) is 25.7 Å². The maximum Gasteiger partial charge on any atom is 0.339 e. The first-order valence-electron chi connectivity index (χ1n) is 11.5. The van der Waals surface area contributed by atoms with Crippen molar-refractivity contribution in [3.63, 3.8) is 0 Å². The molecular weight excluding hydrogens is 532 g/mol. The number of rotatable bonds is 7. The number of barbiturate groups is 1. The second-order valence-electron chi connectivity index (χ2n) is 8.36. The first kappa shape index (κ1) is 26.9. The summed E-state index contributed by atoms with van der Waals surface area (Å²) in [5, 5.41) is 2.03. The number of nitrogens with one attached hydrogen (secondary N) is 1. The molecule has 0 atom stereocenters. The van der Waals surface area contributed by atoms with Crippen LogP contribution in [0.1, 0.15) is 23.6 Å². The summed E-state index contributed by atoms with van der Waals surface area (Å²) in [6, 6.07) is 14.7. The van der Waals surface area contributed by atoms with E-state index in [2.05, 4.69) is 5.32 Å². The van der Waals surface area contributed by atoms with Crippen molar-refractivity contribution in [1.29, 1.82) is 0 Å². The highest BCUT2D eigenvalue weighted by Gasteiger charge is 2.37. The Morgan fingerprint density at radius 2 is 1.68 bits per heavy atom. The van der Waals surface area contributed by atoms with Crippen LogP contribution in [0.25, 0.3) is 6.08 Å². The maximum atomic E-state index is 13.2. The van der Waals surface area contributed by atoms with Crippen molar-refractivity contribution >= 4 is 51.3 Å². The minimum atomic E-state index is -4.24. The molecule has 0 unspecified atom stereocenters. The number of carbonyl (C=O) groups is 3. The van der Waals surface area contributed by atoms with Gasteiger partial charge < -0.3 is 8.92 Å². The van der Waals surface area contributed by atoms with Crippen LogP contribution in [0.5, 0.6) is 11.5 Å². The molecule has 38 heavy (non-hydrogen) atoms. The third kappa shape index (κ3) is 5.41. The molecule has 3 aromatic rings. The number of para-hydroxylation sites is 1. The normalized spacial score (nSPS) is 15.0. The lowest BCUT2D eigenvalue weighted by Crippen LogP contribution is -2.54. The van der Waals surface area contributed by atoms with Gasteiger partial charge in [0.05, 0.1) is 17.3 Å². The van der Waals surface area contributed by atoms with Gasteiger partial charge in [-0.3, -0.25) is 14.9 Å². The molecule has 1 saturated heterocycles. The Bertz CT molecular complexity index is 1580. The highest BCUT2D eigenvalue weighted by molar-refractivity contribution is 7.87. The molecule has 0 saturated carbocycles. The summed E-state index contributed by atoms with van der Waals surface area (Å²) in [5.41, 5.74) is 1.77. The molecule has 1 aliphatic rings. The van der Waals surface area contributed by atoms with Crippen LogP contribution < -0.4 is 19.1 Å². The fraction of sp³-hybridized carbons (Fsp3) is 0.148. The van der Waals surface area contributed by atoms with Gasteiger partial charge >= 0.3 is 16.1 Å². The Kier molecular flexibility index (Phi) is 7.56. The summed E-state index contributed by atoms with van der Waals surface area (Å²) >= 11 is 6.40. The Morgan fingerprint density at radius 3 is 2.34 bits per heavy atom. The number of hydrogen-bond donors (Lipinski definition) is 1. The molecule has 1 N–H and O–H groups in total. The number of hydrogen-bond acceptors (Lipinski definition) is 7. The predicted molar refractivity (Wildman–Crippen MR) is 142 cm³/mol. The highest BCUT2D eigenvalue weighted by Crippen LogP contribution is 2.39. The van der Waals surface area contributed by atoms with Crippen LogP contribution in [-0.4, -0.2) is 32.9 Å². The highest BCUT2D eigenvalue weighted by atomic mass is 35.5. The zero-order valence-corrected chi connectivity index (χ0v) is 22.2. The van der Waals surface area contributed by atoms with Crippen molar-refractivity contribution in [3.8, 4) is 11.5 Å². The fourth-order valence-electron chi connectivity index (χ4n) is 3.74. The molecular formula is C27H23ClN2O7S. The number of urea groups is 1. The van der Waals surface area contributed by atoms with E-state index >= 15 is 0 Å². The molecule has 9 nitrogen and oxygen atoms in total. The Morgan fingerprint density at radius 1 is 1.00 bits per heavy atom. The van der Waals surface area contributed by atoms with E-state index in [1.54, 1.807) is 50.2 Å². The fourth-order valence-corrected chi connectivity index (χ4v) is 5.00. The van der Waals surface area contributed by atoms with Crippen LogP contribution in [0.4, 0.5) is 10.5 Å². The van der Waals surface area contributed by atoms with Gasteiger partial charge in [0, 0.05) is 0 Å². The molecule has 196 valence electrons. The van der Waals surface area contributed by atoms with Crippen molar-refractivity contribution < 1.29 is 31.7 Å². The van der Waals surface area contributed by atoms with Gasteiger partial charge in [-0.1, -0.05) is 47.5 Å². The molecule has 0 aromatic heterocycles. The van der Waals surface area contributed by atoms with Gasteiger partial charge in [-0.15, -0.1) is 0 Å². The molecule has 11 heteroatoms. The summed E-state index contributed by atoms with van der Waals surface area (Å²) in [6.07, 6.45) is 1.24. The molecule has 4 rings (SSSR count). The minimum absolute atomic E-state index is 0.0157. The van der Waals surface area contributed by atoms with Crippen LogP contribution in [0.3, 0.4) is 0 Å². The Balaban J connectivity index is 1.73. The molecule has 3 aromatic carbocycles. The average molecular weight is 555 g/mol. The monoisotopic (exact) mass is 554 g/mol. The van der Waals surface area contributed by atoms with Gasteiger partial charge in [0.15, 0.2) is 5.75 Å². The standard InChI is InChI=1S/C27H23ClN2O7S/c1-4-36-23-15-18(14-21(28)24(23)37-38(34,35)19-11-9-16(2)10-12-19)13-20-25(31)29-27(33)30(26(20)32)22-8-6-5-7-17(22)3/h5-15H,4H2,1-3H3,(H,29,31,33)/b20-13+. The summed E-state index contributed by atoms with van der Waals surface area (Å²) in [5.74, 6) is -1.98. The third-order valence-electron chi connectivity index (χ3n) is 5.60. The maximum absolute atomic E-state index is 13.2. The largest absolute Gasteiger partial charge is 0.490 e. The zero-order chi connectivity index (χ0) is 27.6. The zero-order valence-electron chi connectivity index (χ0n) is 20.6. The van der Waals surface area contributed by atoms with Gasteiger partial charge in [-0.2, -0.15) is 8.42 Å². The number of amides is 4. The quantitative estimate of drug-likeness (QED) is 0.253. The van der Waals surface area contributed by atoms with Gasteiger partial charge in [0.1, 0.15) is 10.5 Å². The number of benzene rings is 3. The number of carbonyl (C=O) groups excluding carboxylic acids is 3. The molecule has 1 heterocycles. The number of ether oxygens (including phenoxy) is 1. The summed E-state index contributed by atoms with van der Waals surface area (Å²) in [6.45, 7) is 5.38. The lowest BCUT2D eigenvalue weighted by molar-refractivity contribution is -0.122. The first-order valence-corrected chi connectivity index (χ1v) is 13.2. The van der Waals surface area contributed by atoms with Crippen LogP contribution >= 0.6 is 11.6 Å². The van der Waals surface area contributed by atoms with Gasteiger partial charge in [0.25, 0.3) is 11.8 Å². The first-order chi connectivity index (χ1) is 18.0. The van der Waals surface area contributed by atoms with Gasteiger partial charge in [-0.25, -0.2) is 9.69 Å². The minimum Gasteiger partial charge on any atom is -0.490 e. The van der Waals surface area contributed by atoms with Crippen LogP contribution in [-0.2, 0) is 19.7 Å². The summed E-state index contributed by atoms with van der Waals surface area (Å²) < 4.78 is 36.6. The van der Waals surface area contributed by atoms with E-state index in [0.717, 1.165) is 10.5 Å². The van der Waals surface area contributed by atoms with Gasteiger partial charge in [-0.05, 0) is 68.3 Å². The van der Waals surface area contributed by atoms with Crippen LogP contribution in [0.15, 0.2) is 71.1 Å². The molecule has 0 spiro atoms. The Hall–Kier alpha value is -4.15. The van der Waals surface area contributed by atoms with E-state index < -0.39 is 28.0 Å². The van der Waals surface area contributed by atoms with Crippen LogP contribution in [0, 0.1) is 13.8 Å². The van der Waals surface area contributed by atoms with Crippen molar-refractivity contribution in [2.75, 3.05) is 11.5 Å². The van der Waals surface area contributed by atoms with Crippen molar-refractivity contribution in [1.82, 2.24) is 5.32 Å². The average Bonchev–Trinajstić information content (AvgIpc) is 2.85. The SMILES string of the molecule is CCOc1cc(/C=C2\C(=O)NC(=O)N(c3ccccc3C)C2=O)cc(Cl)c1OS(=O)(=O)c1ccc(C)cc1. The lowest BCUT2D eigenvalue weighted by atomic mass is 10.1. The van der Waals surface area contributed by atoms with E-state index in [1.807, 2.05) is 6.92 Å². The molecule has 0 bridgehead atoms. The topological polar surface area (TPSA) is 119 Å². The molecule has 1 aliphatic heterocycles. The van der Waals surface area contributed by atoms with E-state index in [0.29, 0.717) is 11.3 Å². The molecule has 0 aliphatic carbocycles. The summed E-state index contributed by atoms with van der Waals surface area (Å²) in [4.78, 5) is 39.1. The third-order valence-corrected chi connectivity index (χ3v) is 7.12. The number of halogens is 1. The number of anilines is 1. The smallest absolute Gasteiger partial charge is 0.339 e. The van der Waals surface area contributed by atoms with Gasteiger partial charge in [0.2, 0.25) is 5.75 Å². The van der Waals surface area contributed by atoms with E-state index in [9.17, 15) is 22.8 Å². The Labute approximate surface area is 224 Å². The van der Waals surface area contributed by atoms with E-state index in [4.69, 9.17) is 20.5 Å². The van der Waals surface area contributed by atoms with Crippen molar-refractivity contribution in [3.05, 3.63) is 87.9 Å². The lowest BCUT2D eigenvalue weighted by Gasteiger charge is -2.27. The van der Waals surface area contributed by atoms with E-state index in [-0.39, 0.29) is 39.2 Å². The van der Waals surface area contributed by atoms with Crippen LogP contribution in [0.2, 0.25) is 5.02 Å². The summed E-state index contributed by atoms with van der Waals surface area (Å²) in [7, 11) is -4.24. The number of aryl methyl sites for hydroxylation is 2.